The minimum Gasteiger partial charge on any atom is -0.345 e. The summed E-state index contributed by atoms with van der Waals surface area (Å²) < 4.78 is 0. The molecule has 1 N–H and O–H groups in total. The van der Waals surface area contributed by atoms with Crippen LogP contribution in [0.3, 0.4) is 0 Å². The lowest BCUT2D eigenvalue weighted by atomic mass is 10.00. The van der Waals surface area contributed by atoms with Crippen LogP contribution < -0.4 is 5.32 Å². The van der Waals surface area contributed by atoms with Gasteiger partial charge in [-0.2, -0.15) is 0 Å². The Hall–Kier alpha value is -2.62. The number of benzene rings is 3. The van der Waals surface area contributed by atoms with Gasteiger partial charge in [0.05, 0.1) is 6.04 Å². The first kappa shape index (κ1) is 22.7. The summed E-state index contributed by atoms with van der Waals surface area (Å²) in [5.74, 6) is -0.0397. The molecule has 3 aromatic carbocycles. The molecule has 0 heterocycles. The number of carbonyl (C=O) groups is 1. The summed E-state index contributed by atoms with van der Waals surface area (Å²) in [6, 6.07) is 26.3. The third-order valence-corrected chi connectivity index (χ3v) is 4.88. The molecule has 0 saturated heterocycles. The van der Waals surface area contributed by atoms with E-state index in [1.807, 2.05) is 42.5 Å². The average molecular weight is 409 g/mol. The number of carbonyl (C=O) groups excluding carboxylic acids is 1. The Kier molecular flexibility index (Phi) is 8.44. The number of nitrogens with zero attached hydrogens (tertiary/aromatic N) is 1. The smallest absolute Gasteiger partial charge is 0.251 e. The van der Waals surface area contributed by atoms with Gasteiger partial charge in [0.25, 0.3) is 5.91 Å². The van der Waals surface area contributed by atoms with E-state index >= 15 is 0 Å². The van der Waals surface area contributed by atoms with Crippen LogP contribution in [0.1, 0.15) is 33.9 Å². The van der Waals surface area contributed by atoms with Crippen molar-refractivity contribution in [3.05, 3.63) is 95.6 Å². The largest absolute Gasteiger partial charge is 0.345 e. The summed E-state index contributed by atoms with van der Waals surface area (Å²) in [5.41, 5.74) is 5.20. The molecule has 0 aliphatic heterocycles. The van der Waals surface area contributed by atoms with Crippen LogP contribution >= 0.6 is 12.4 Å². The minimum absolute atomic E-state index is 0. The van der Waals surface area contributed by atoms with Gasteiger partial charge in [0.1, 0.15) is 0 Å². The predicted molar refractivity (Wildman–Crippen MR) is 124 cm³/mol. The topological polar surface area (TPSA) is 32.3 Å². The van der Waals surface area contributed by atoms with Crippen LogP contribution in [0.4, 0.5) is 0 Å². The molecule has 0 saturated carbocycles. The van der Waals surface area contributed by atoms with E-state index in [4.69, 9.17) is 0 Å². The Morgan fingerprint density at radius 2 is 1.55 bits per heavy atom. The van der Waals surface area contributed by atoms with Gasteiger partial charge in [0.15, 0.2) is 0 Å². The molecule has 29 heavy (non-hydrogen) atoms. The molecule has 0 spiro atoms. The zero-order valence-electron chi connectivity index (χ0n) is 17.3. The van der Waals surface area contributed by atoms with E-state index in [0.717, 1.165) is 29.7 Å². The molecule has 0 aliphatic rings. The summed E-state index contributed by atoms with van der Waals surface area (Å²) in [7, 11) is 4.11. The van der Waals surface area contributed by atoms with Crippen molar-refractivity contribution in [1.82, 2.24) is 10.2 Å². The van der Waals surface area contributed by atoms with Gasteiger partial charge in [-0.1, -0.05) is 72.3 Å². The molecule has 0 aliphatic carbocycles. The maximum absolute atomic E-state index is 13.0. The molecule has 3 nitrogen and oxygen atoms in total. The molecule has 4 heteroatoms. The van der Waals surface area contributed by atoms with Crippen molar-refractivity contribution in [1.29, 1.82) is 0 Å². The highest BCUT2D eigenvalue weighted by Gasteiger charge is 2.16. The first-order valence-electron chi connectivity index (χ1n) is 9.70. The number of rotatable bonds is 7. The number of nitrogens with one attached hydrogen (secondary N) is 1. The van der Waals surface area contributed by atoms with Crippen LogP contribution in [0, 0.1) is 6.92 Å². The van der Waals surface area contributed by atoms with Crippen LogP contribution in [0.25, 0.3) is 11.1 Å². The molecule has 1 amide bonds. The fourth-order valence-corrected chi connectivity index (χ4v) is 3.22. The second-order valence-corrected chi connectivity index (χ2v) is 7.48. The summed E-state index contributed by atoms with van der Waals surface area (Å²) in [4.78, 5) is 15.1. The number of amides is 1. The maximum atomic E-state index is 13.0. The predicted octanol–water partition coefficient (Wildman–Crippen LogP) is 5.51. The van der Waals surface area contributed by atoms with Crippen LogP contribution in [0.5, 0.6) is 0 Å². The summed E-state index contributed by atoms with van der Waals surface area (Å²) in [6.07, 6.45) is 0.861. The molecule has 0 radical (unpaired) electrons. The zero-order valence-corrected chi connectivity index (χ0v) is 18.1. The monoisotopic (exact) mass is 408 g/mol. The average Bonchev–Trinajstić information content (AvgIpc) is 2.72. The third-order valence-electron chi connectivity index (χ3n) is 4.88. The number of aryl methyl sites for hydroxylation is 1. The fraction of sp³-hybridized carbons (Fsp3) is 0.240. The van der Waals surface area contributed by atoms with Gasteiger partial charge < -0.3 is 10.2 Å². The van der Waals surface area contributed by atoms with E-state index in [1.54, 1.807) is 0 Å². The fourth-order valence-electron chi connectivity index (χ4n) is 3.22. The number of halogens is 1. The standard InChI is InChI=1S/C25H28N2O.ClH/c1-19-12-14-21(15-13-19)24(16-17-27(2)3)26-25(28)23-11-7-10-22(18-23)20-8-5-4-6-9-20;/h4-15,18,24H,16-17H2,1-3H3,(H,26,28);1H. The van der Waals surface area contributed by atoms with Crippen LogP contribution in [-0.4, -0.2) is 31.4 Å². The van der Waals surface area contributed by atoms with E-state index in [9.17, 15) is 4.79 Å². The molecule has 0 fully saturated rings. The Morgan fingerprint density at radius 1 is 0.897 bits per heavy atom. The SMILES string of the molecule is Cc1ccc(C(CCN(C)C)NC(=O)c2cccc(-c3ccccc3)c2)cc1.Cl. The van der Waals surface area contributed by atoms with Crippen molar-refractivity contribution in [2.45, 2.75) is 19.4 Å². The lowest BCUT2D eigenvalue weighted by Gasteiger charge is -2.22. The van der Waals surface area contributed by atoms with Crippen molar-refractivity contribution < 1.29 is 4.79 Å². The van der Waals surface area contributed by atoms with Gasteiger partial charge in [-0.05, 0) is 62.8 Å². The first-order chi connectivity index (χ1) is 13.5. The quantitative estimate of drug-likeness (QED) is 0.559. The third kappa shape index (κ3) is 6.45. The van der Waals surface area contributed by atoms with Crippen LogP contribution in [0.15, 0.2) is 78.9 Å². The zero-order chi connectivity index (χ0) is 19.9. The maximum Gasteiger partial charge on any atom is 0.251 e. The molecule has 1 atom stereocenters. The van der Waals surface area contributed by atoms with E-state index in [-0.39, 0.29) is 24.4 Å². The lowest BCUT2D eigenvalue weighted by Crippen LogP contribution is -2.31. The molecular weight excluding hydrogens is 380 g/mol. The minimum atomic E-state index is -0.0397. The van der Waals surface area contributed by atoms with Crippen molar-refractivity contribution >= 4 is 18.3 Å². The Morgan fingerprint density at radius 3 is 2.21 bits per heavy atom. The van der Waals surface area contributed by atoms with Crippen molar-refractivity contribution in [3.8, 4) is 11.1 Å². The Labute approximate surface area is 180 Å². The summed E-state index contributed by atoms with van der Waals surface area (Å²) >= 11 is 0. The molecule has 3 aromatic rings. The van der Waals surface area contributed by atoms with Crippen molar-refractivity contribution in [2.24, 2.45) is 0 Å². The lowest BCUT2D eigenvalue weighted by molar-refractivity contribution is 0.0933. The highest BCUT2D eigenvalue weighted by molar-refractivity contribution is 5.95. The molecule has 3 rings (SSSR count). The van der Waals surface area contributed by atoms with Gasteiger partial charge >= 0.3 is 0 Å². The van der Waals surface area contributed by atoms with Gasteiger partial charge in [-0.15, -0.1) is 12.4 Å². The second-order valence-electron chi connectivity index (χ2n) is 7.48. The second kappa shape index (κ2) is 10.8. The van der Waals surface area contributed by atoms with Gasteiger partial charge in [-0.25, -0.2) is 0 Å². The number of hydrogen-bond acceptors (Lipinski definition) is 2. The van der Waals surface area contributed by atoms with Gasteiger partial charge in [0.2, 0.25) is 0 Å². The van der Waals surface area contributed by atoms with E-state index in [0.29, 0.717) is 5.56 Å². The van der Waals surface area contributed by atoms with E-state index in [1.165, 1.54) is 5.56 Å². The molecular formula is C25H29ClN2O. The Bertz CT molecular complexity index is 908. The Balaban J connectivity index is 0.00000300. The van der Waals surface area contributed by atoms with Gasteiger partial charge in [-0.3, -0.25) is 4.79 Å². The molecule has 152 valence electrons. The molecule has 1 unspecified atom stereocenters. The number of hydrogen-bond donors (Lipinski definition) is 1. The molecule has 0 bridgehead atoms. The van der Waals surface area contributed by atoms with E-state index in [2.05, 4.69) is 67.6 Å². The first-order valence-corrected chi connectivity index (χ1v) is 9.70. The highest BCUT2D eigenvalue weighted by atomic mass is 35.5. The van der Waals surface area contributed by atoms with Crippen molar-refractivity contribution in [2.75, 3.05) is 20.6 Å². The van der Waals surface area contributed by atoms with E-state index < -0.39 is 0 Å². The van der Waals surface area contributed by atoms with Crippen LogP contribution in [-0.2, 0) is 0 Å². The molecule has 0 aromatic heterocycles. The summed E-state index contributed by atoms with van der Waals surface area (Å²) in [5, 5.41) is 3.24. The van der Waals surface area contributed by atoms with Crippen LogP contribution in [0.2, 0.25) is 0 Å². The normalized spacial score (nSPS) is 11.6. The highest BCUT2D eigenvalue weighted by Crippen LogP contribution is 2.22. The summed E-state index contributed by atoms with van der Waals surface area (Å²) in [6.45, 7) is 2.98. The van der Waals surface area contributed by atoms with Crippen molar-refractivity contribution in [3.63, 3.8) is 0 Å². The van der Waals surface area contributed by atoms with Gasteiger partial charge in [0, 0.05) is 5.56 Å².